The highest BCUT2D eigenvalue weighted by atomic mass is 16.5. The molecule has 3 aromatic carbocycles. The summed E-state index contributed by atoms with van der Waals surface area (Å²) in [5, 5.41) is 2.91. The van der Waals surface area contributed by atoms with Gasteiger partial charge in [-0.25, -0.2) is 0 Å². The average molecular weight is 414 g/mol. The molecule has 0 bridgehead atoms. The Bertz CT molecular complexity index is 1120. The molecule has 6 nitrogen and oxygen atoms in total. The number of methoxy groups -OCH3 is 1. The molecule has 1 aliphatic rings. The van der Waals surface area contributed by atoms with Gasteiger partial charge in [0.1, 0.15) is 5.75 Å². The molecule has 0 saturated heterocycles. The smallest absolute Gasteiger partial charge is 0.261 e. The maximum absolute atomic E-state index is 12.7. The van der Waals surface area contributed by atoms with Crippen molar-refractivity contribution in [3.8, 4) is 5.75 Å². The minimum Gasteiger partial charge on any atom is -0.496 e. The molecule has 31 heavy (non-hydrogen) atoms. The minimum atomic E-state index is -0.338. The summed E-state index contributed by atoms with van der Waals surface area (Å²) < 4.78 is 5.42. The molecular weight excluding hydrogens is 392 g/mol. The second kappa shape index (κ2) is 8.44. The molecule has 6 heteroatoms. The number of hydrogen-bond acceptors (Lipinski definition) is 4. The van der Waals surface area contributed by atoms with Gasteiger partial charge < -0.3 is 10.1 Å². The van der Waals surface area contributed by atoms with E-state index in [-0.39, 0.29) is 30.2 Å². The Labute approximate surface area is 180 Å². The number of hydrogen-bond donors (Lipinski definition) is 1. The second-order valence-corrected chi connectivity index (χ2v) is 7.39. The van der Waals surface area contributed by atoms with Crippen molar-refractivity contribution in [2.45, 2.75) is 19.4 Å². The number of nitrogens with zero attached hydrogens (tertiary/aromatic N) is 1. The zero-order valence-electron chi connectivity index (χ0n) is 17.3. The summed E-state index contributed by atoms with van der Waals surface area (Å²) in [6.45, 7) is 1.89. The molecule has 0 spiro atoms. The minimum absolute atomic E-state index is 0.0491. The fourth-order valence-corrected chi connectivity index (χ4v) is 3.68. The normalized spacial score (nSPS) is 13.7. The highest BCUT2D eigenvalue weighted by Gasteiger charge is 2.35. The van der Waals surface area contributed by atoms with Crippen molar-refractivity contribution < 1.29 is 19.1 Å². The van der Waals surface area contributed by atoms with Crippen molar-refractivity contribution in [1.29, 1.82) is 0 Å². The molecule has 1 aliphatic heterocycles. The van der Waals surface area contributed by atoms with Gasteiger partial charge >= 0.3 is 0 Å². The van der Waals surface area contributed by atoms with Gasteiger partial charge in [0.05, 0.1) is 30.7 Å². The molecule has 0 unspecified atom stereocenters. The van der Waals surface area contributed by atoms with Crippen LogP contribution in [0.2, 0.25) is 0 Å². The zero-order chi connectivity index (χ0) is 22.0. The molecule has 4 rings (SSSR count). The first kappa shape index (κ1) is 20.3. The first-order valence-electron chi connectivity index (χ1n) is 9.97. The Morgan fingerprint density at radius 2 is 1.55 bits per heavy atom. The van der Waals surface area contributed by atoms with E-state index in [0.717, 1.165) is 5.56 Å². The molecule has 0 aromatic heterocycles. The van der Waals surface area contributed by atoms with Crippen LogP contribution in [0.15, 0.2) is 72.8 Å². The van der Waals surface area contributed by atoms with Crippen LogP contribution in [-0.2, 0) is 11.3 Å². The molecule has 1 atom stereocenters. The van der Waals surface area contributed by atoms with Crippen LogP contribution >= 0.6 is 0 Å². The molecule has 1 heterocycles. The Hall–Kier alpha value is -3.93. The number of imide groups is 1. The van der Waals surface area contributed by atoms with Crippen LogP contribution < -0.4 is 10.1 Å². The summed E-state index contributed by atoms with van der Waals surface area (Å²) in [5.41, 5.74) is 2.90. The second-order valence-electron chi connectivity index (χ2n) is 7.39. The van der Waals surface area contributed by atoms with Crippen LogP contribution in [0.5, 0.6) is 5.75 Å². The maximum atomic E-state index is 12.7. The zero-order valence-corrected chi connectivity index (χ0v) is 17.3. The molecule has 1 N–H and O–H groups in total. The van der Waals surface area contributed by atoms with Crippen LogP contribution in [-0.4, -0.2) is 29.7 Å². The van der Waals surface area contributed by atoms with E-state index in [0.29, 0.717) is 28.1 Å². The number of carbonyl (C=O) groups excluding carboxylic acids is 3. The topological polar surface area (TPSA) is 75.7 Å². The summed E-state index contributed by atoms with van der Waals surface area (Å²) in [7, 11) is 1.52. The van der Waals surface area contributed by atoms with Gasteiger partial charge in [-0.05, 0) is 42.8 Å². The first-order valence-corrected chi connectivity index (χ1v) is 9.97. The summed E-state index contributed by atoms with van der Waals surface area (Å²) in [4.78, 5) is 39.3. The molecule has 3 aromatic rings. The van der Waals surface area contributed by atoms with Gasteiger partial charge in [-0.3, -0.25) is 19.3 Å². The van der Waals surface area contributed by atoms with E-state index in [1.807, 2.05) is 37.3 Å². The van der Waals surface area contributed by atoms with E-state index in [4.69, 9.17) is 4.74 Å². The first-order chi connectivity index (χ1) is 15.0. The maximum Gasteiger partial charge on any atom is 0.261 e. The standard InChI is InChI=1S/C25H22N2O4/c1-16(17-8-4-3-5-9-17)23(28)26-19-12-13-22(31-2)18(14-19)15-27-24(29)20-10-6-7-11-21(20)25(27)30/h3-14,16H,15H2,1-2H3,(H,26,28)/t16-/m0/s1. The van der Waals surface area contributed by atoms with Gasteiger partial charge in [0.15, 0.2) is 0 Å². The van der Waals surface area contributed by atoms with Crippen molar-refractivity contribution in [3.63, 3.8) is 0 Å². The number of ether oxygens (including phenoxy) is 1. The van der Waals surface area contributed by atoms with Crippen LogP contribution in [0.3, 0.4) is 0 Å². The van der Waals surface area contributed by atoms with Crippen molar-refractivity contribution in [2.75, 3.05) is 12.4 Å². The molecular formula is C25H22N2O4. The average Bonchev–Trinajstić information content (AvgIpc) is 3.04. The van der Waals surface area contributed by atoms with Crippen molar-refractivity contribution >= 4 is 23.4 Å². The molecule has 3 amide bonds. The van der Waals surface area contributed by atoms with Gasteiger partial charge in [-0.2, -0.15) is 0 Å². The van der Waals surface area contributed by atoms with E-state index >= 15 is 0 Å². The van der Waals surface area contributed by atoms with Gasteiger partial charge in [-0.15, -0.1) is 0 Å². The van der Waals surface area contributed by atoms with Gasteiger partial charge in [0, 0.05) is 11.3 Å². The highest BCUT2D eigenvalue weighted by molar-refractivity contribution is 6.21. The van der Waals surface area contributed by atoms with E-state index in [1.54, 1.807) is 42.5 Å². The van der Waals surface area contributed by atoms with E-state index in [9.17, 15) is 14.4 Å². The lowest BCUT2D eigenvalue weighted by Crippen LogP contribution is -2.29. The largest absolute Gasteiger partial charge is 0.496 e. The summed E-state index contributed by atoms with van der Waals surface area (Å²) in [5.74, 6) is -0.624. The summed E-state index contributed by atoms with van der Waals surface area (Å²) in [6, 6.07) is 21.5. The fourth-order valence-electron chi connectivity index (χ4n) is 3.68. The third-order valence-corrected chi connectivity index (χ3v) is 5.45. The van der Waals surface area contributed by atoms with Crippen LogP contribution in [0.1, 0.15) is 44.7 Å². The predicted octanol–water partition coefficient (Wildman–Crippen LogP) is 4.23. The quantitative estimate of drug-likeness (QED) is 0.613. The SMILES string of the molecule is COc1ccc(NC(=O)[C@@H](C)c2ccccc2)cc1CN1C(=O)c2ccccc2C1=O. The molecule has 0 radical (unpaired) electrons. The van der Waals surface area contributed by atoms with Crippen LogP contribution in [0.25, 0.3) is 0 Å². The van der Waals surface area contributed by atoms with Crippen molar-refractivity contribution in [2.24, 2.45) is 0 Å². The number of anilines is 1. The van der Waals surface area contributed by atoms with Crippen molar-refractivity contribution in [1.82, 2.24) is 4.90 Å². The van der Waals surface area contributed by atoms with Crippen molar-refractivity contribution in [3.05, 3.63) is 95.1 Å². The Kier molecular flexibility index (Phi) is 5.54. The number of rotatable bonds is 6. The number of amides is 3. The lowest BCUT2D eigenvalue weighted by Gasteiger charge is -2.18. The third-order valence-electron chi connectivity index (χ3n) is 5.45. The number of benzene rings is 3. The van der Waals surface area contributed by atoms with E-state index < -0.39 is 0 Å². The number of carbonyl (C=O) groups is 3. The third kappa shape index (κ3) is 3.92. The highest BCUT2D eigenvalue weighted by Crippen LogP contribution is 2.29. The molecule has 0 fully saturated rings. The van der Waals surface area contributed by atoms with Crippen LogP contribution in [0, 0.1) is 0 Å². The monoisotopic (exact) mass is 414 g/mol. The van der Waals surface area contributed by atoms with E-state index in [2.05, 4.69) is 5.32 Å². The predicted molar refractivity (Wildman–Crippen MR) is 117 cm³/mol. The molecule has 156 valence electrons. The summed E-state index contributed by atoms with van der Waals surface area (Å²) >= 11 is 0. The number of nitrogens with one attached hydrogen (secondary N) is 1. The van der Waals surface area contributed by atoms with Crippen LogP contribution in [0.4, 0.5) is 5.69 Å². The van der Waals surface area contributed by atoms with Gasteiger partial charge in [-0.1, -0.05) is 42.5 Å². The lowest BCUT2D eigenvalue weighted by atomic mass is 10.0. The Balaban J connectivity index is 1.55. The van der Waals surface area contributed by atoms with Gasteiger partial charge in [0.25, 0.3) is 11.8 Å². The molecule has 0 aliphatic carbocycles. The fraction of sp³-hybridized carbons (Fsp3) is 0.160. The molecule has 0 saturated carbocycles. The number of fused-ring (bicyclic) bond motifs is 1. The Morgan fingerprint density at radius 3 is 2.16 bits per heavy atom. The van der Waals surface area contributed by atoms with E-state index in [1.165, 1.54) is 12.0 Å². The Morgan fingerprint density at radius 1 is 0.935 bits per heavy atom. The van der Waals surface area contributed by atoms with Gasteiger partial charge in [0.2, 0.25) is 5.91 Å². The lowest BCUT2D eigenvalue weighted by molar-refractivity contribution is -0.117. The summed E-state index contributed by atoms with van der Waals surface area (Å²) in [6.07, 6.45) is 0.